The third-order valence-electron chi connectivity index (χ3n) is 3.43. The number of fused-ring (bicyclic) bond motifs is 1. The number of hydrogen-bond acceptors (Lipinski definition) is 3. The Bertz CT molecular complexity index is 925. The molecule has 2 aromatic heterocycles. The first-order valence-corrected chi connectivity index (χ1v) is 7.16. The molecule has 0 aliphatic carbocycles. The summed E-state index contributed by atoms with van der Waals surface area (Å²) in [4.78, 5) is 17.4. The average Bonchev–Trinajstić information content (AvgIpc) is 2.94. The molecule has 3 aromatic rings. The van der Waals surface area contributed by atoms with Crippen LogP contribution < -0.4 is 11.3 Å². The molecular weight excluding hydrogens is 310 g/mol. The van der Waals surface area contributed by atoms with Crippen molar-refractivity contribution in [2.45, 2.75) is 13.1 Å². The van der Waals surface area contributed by atoms with Crippen LogP contribution in [0.25, 0.3) is 11.0 Å². The second-order valence-corrected chi connectivity index (χ2v) is 5.52. The Balaban J connectivity index is 2.17. The van der Waals surface area contributed by atoms with Gasteiger partial charge >= 0.3 is 0 Å². The van der Waals surface area contributed by atoms with Gasteiger partial charge in [-0.25, -0.2) is 0 Å². The summed E-state index contributed by atoms with van der Waals surface area (Å²) in [6.07, 6.45) is 1.72. The molecule has 0 saturated carbocycles. The molecule has 0 fully saturated rings. The lowest BCUT2D eigenvalue weighted by Crippen LogP contribution is -2.15. The van der Waals surface area contributed by atoms with E-state index < -0.39 is 0 Å². The van der Waals surface area contributed by atoms with Crippen LogP contribution in [0.1, 0.15) is 11.1 Å². The number of benzene rings is 1. The SMILES string of the molecule is NCc1cc(Cl)ccc1Cn1c2cc[nH]c2c(=O)[nH][14c]1=S. The minimum absolute atomic E-state index is 0.216. The highest BCUT2D eigenvalue weighted by Crippen LogP contribution is 2.18. The number of halogens is 1. The van der Waals surface area contributed by atoms with Crippen molar-refractivity contribution in [3.63, 3.8) is 0 Å². The van der Waals surface area contributed by atoms with Gasteiger partial charge < -0.3 is 15.3 Å². The van der Waals surface area contributed by atoms with Crippen molar-refractivity contribution < 1.29 is 0 Å². The Morgan fingerprint density at radius 1 is 1.33 bits per heavy atom. The first-order chi connectivity index (χ1) is 10.1. The third kappa shape index (κ3) is 2.53. The van der Waals surface area contributed by atoms with E-state index >= 15 is 0 Å². The largest absolute Gasteiger partial charge is 0.355 e. The van der Waals surface area contributed by atoms with Crippen molar-refractivity contribution in [2.24, 2.45) is 5.73 Å². The highest BCUT2D eigenvalue weighted by Gasteiger charge is 2.09. The second-order valence-electron chi connectivity index (χ2n) is 4.70. The third-order valence-corrected chi connectivity index (χ3v) is 3.98. The van der Waals surface area contributed by atoms with Gasteiger partial charge in [-0.2, -0.15) is 0 Å². The Morgan fingerprint density at radius 3 is 2.90 bits per heavy atom. The van der Waals surface area contributed by atoms with E-state index in [2.05, 4.69) is 9.97 Å². The quantitative estimate of drug-likeness (QED) is 0.648. The van der Waals surface area contributed by atoms with Crippen LogP contribution in [0.15, 0.2) is 35.3 Å². The van der Waals surface area contributed by atoms with E-state index in [9.17, 15) is 4.79 Å². The number of hydrogen-bond donors (Lipinski definition) is 3. The van der Waals surface area contributed by atoms with Gasteiger partial charge in [-0.15, -0.1) is 0 Å². The summed E-state index contributed by atoms with van der Waals surface area (Å²) in [6.45, 7) is 0.913. The minimum atomic E-state index is -0.216. The van der Waals surface area contributed by atoms with Crippen molar-refractivity contribution in [1.82, 2.24) is 14.5 Å². The van der Waals surface area contributed by atoms with E-state index in [0.29, 0.717) is 28.4 Å². The zero-order chi connectivity index (χ0) is 15.0. The number of aromatic nitrogens is 3. The van der Waals surface area contributed by atoms with Gasteiger partial charge in [0, 0.05) is 17.8 Å². The van der Waals surface area contributed by atoms with Gasteiger partial charge in [0.1, 0.15) is 5.52 Å². The van der Waals surface area contributed by atoms with E-state index in [1.54, 1.807) is 6.20 Å². The Morgan fingerprint density at radius 2 is 2.14 bits per heavy atom. The van der Waals surface area contributed by atoms with E-state index in [1.165, 1.54) is 0 Å². The van der Waals surface area contributed by atoms with Gasteiger partial charge in [-0.1, -0.05) is 17.7 Å². The summed E-state index contributed by atoms with van der Waals surface area (Å²) in [5.41, 5.74) is 8.80. The molecule has 0 amide bonds. The van der Waals surface area contributed by atoms with Crippen LogP contribution in [0.4, 0.5) is 0 Å². The van der Waals surface area contributed by atoms with Crippen LogP contribution >= 0.6 is 23.8 Å². The first kappa shape index (κ1) is 14.1. The maximum absolute atomic E-state index is 11.8. The van der Waals surface area contributed by atoms with E-state index in [0.717, 1.165) is 16.6 Å². The van der Waals surface area contributed by atoms with Crippen LogP contribution in [-0.4, -0.2) is 14.5 Å². The Kier molecular flexibility index (Phi) is 3.67. The molecule has 0 aliphatic heterocycles. The molecule has 0 radical (unpaired) electrons. The summed E-state index contributed by atoms with van der Waals surface area (Å²) in [6, 6.07) is 7.43. The van der Waals surface area contributed by atoms with Crippen molar-refractivity contribution in [2.75, 3.05) is 0 Å². The number of rotatable bonds is 3. The maximum atomic E-state index is 11.8. The predicted molar refractivity (Wildman–Crippen MR) is 86.2 cm³/mol. The summed E-state index contributed by atoms with van der Waals surface area (Å²) in [7, 11) is 0. The molecule has 0 atom stereocenters. The molecule has 3 rings (SSSR count). The summed E-state index contributed by atoms with van der Waals surface area (Å²) in [5, 5.41) is 0.649. The highest BCUT2D eigenvalue weighted by molar-refractivity contribution is 7.71. The normalized spacial score (nSPS) is 11.1. The topological polar surface area (TPSA) is 79.6 Å². The number of nitrogens with two attached hydrogens (primary N) is 1. The lowest BCUT2D eigenvalue weighted by Gasteiger charge is -2.12. The lowest BCUT2D eigenvalue weighted by molar-refractivity contribution is 0.772. The molecule has 1 aromatic carbocycles. The fourth-order valence-corrected chi connectivity index (χ4v) is 2.82. The fourth-order valence-electron chi connectivity index (χ4n) is 2.37. The van der Waals surface area contributed by atoms with Crippen LogP contribution in [0.2, 0.25) is 5.02 Å². The zero-order valence-corrected chi connectivity index (χ0v) is 12.6. The highest BCUT2D eigenvalue weighted by atomic mass is 35.5. The standard InChI is InChI=1S/C14H13ClN4OS/c15-10-2-1-8(9(5-10)6-16)7-19-11-3-4-17-12(11)13(20)18-14(19)21/h1-5,17H,6-7,16H2,(H,18,20,21)/i14+2. The van der Waals surface area contributed by atoms with E-state index in [4.69, 9.17) is 29.6 Å². The van der Waals surface area contributed by atoms with E-state index in [1.807, 2.05) is 28.8 Å². The molecule has 0 unspecified atom stereocenters. The molecule has 0 saturated heterocycles. The van der Waals surface area contributed by atoms with Crippen LogP contribution in [0.3, 0.4) is 0 Å². The molecule has 0 aliphatic rings. The molecule has 4 N–H and O–H groups in total. The van der Waals surface area contributed by atoms with Crippen molar-refractivity contribution >= 4 is 34.9 Å². The molecule has 0 spiro atoms. The van der Waals surface area contributed by atoms with Gasteiger partial charge in [-0.05, 0) is 41.5 Å². The number of nitrogens with one attached hydrogen (secondary N) is 2. The van der Waals surface area contributed by atoms with Crippen LogP contribution in [0.5, 0.6) is 0 Å². The monoisotopic (exact) mass is 322 g/mol. The predicted octanol–water partition coefficient (Wildman–Crippen LogP) is 2.55. The van der Waals surface area contributed by atoms with Crippen molar-refractivity contribution in [3.05, 3.63) is 61.7 Å². The molecule has 2 heterocycles. The number of aromatic amines is 2. The number of nitrogens with zero attached hydrogens (tertiary/aromatic N) is 1. The second kappa shape index (κ2) is 5.48. The summed E-state index contributed by atoms with van der Waals surface area (Å²) >= 11 is 11.3. The zero-order valence-electron chi connectivity index (χ0n) is 11.0. The lowest BCUT2D eigenvalue weighted by atomic mass is 10.1. The Labute approximate surface area is 130 Å². The first-order valence-electron chi connectivity index (χ1n) is 6.37. The summed E-state index contributed by atoms with van der Waals surface area (Å²) in [5.74, 6) is 0. The molecule has 7 heteroatoms. The molecule has 21 heavy (non-hydrogen) atoms. The van der Waals surface area contributed by atoms with Gasteiger partial charge in [0.2, 0.25) is 0 Å². The van der Waals surface area contributed by atoms with E-state index in [-0.39, 0.29) is 5.56 Å². The van der Waals surface area contributed by atoms with Gasteiger partial charge in [-0.3, -0.25) is 9.78 Å². The fraction of sp³-hybridized carbons (Fsp3) is 0.143. The average molecular weight is 323 g/mol. The van der Waals surface area contributed by atoms with Crippen LogP contribution in [0, 0.1) is 4.77 Å². The van der Waals surface area contributed by atoms with Gasteiger partial charge in [0.25, 0.3) is 5.56 Å². The van der Waals surface area contributed by atoms with Gasteiger partial charge in [0.15, 0.2) is 4.77 Å². The van der Waals surface area contributed by atoms with Crippen molar-refractivity contribution in [1.29, 1.82) is 0 Å². The Hall–Kier alpha value is -1.89. The van der Waals surface area contributed by atoms with Crippen molar-refractivity contribution in [3.8, 4) is 0 Å². The molecular formula is C14H13ClN4OS. The molecule has 5 nitrogen and oxygen atoms in total. The molecule has 0 bridgehead atoms. The minimum Gasteiger partial charge on any atom is -0.355 e. The van der Waals surface area contributed by atoms with Crippen LogP contribution in [-0.2, 0) is 13.1 Å². The smallest absolute Gasteiger partial charge is 0.276 e. The summed E-state index contributed by atoms with van der Waals surface area (Å²) < 4.78 is 2.25. The molecule has 108 valence electrons. The van der Waals surface area contributed by atoms with Gasteiger partial charge in [0.05, 0.1) is 12.1 Å². The number of H-pyrrole nitrogens is 2. The maximum Gasteiger partial charge on any atom is 0.276 e.